The van der Waals surface area contributed by atoms with Crippen molar-refractivity contribution in [2.75, 3.05) is 20.3 Å². The fourth-order valence-corrected chi connectivity index (χ4v) is 1.68. The monoisotopic (exact) mass is 287 g/mol. The molecule has 19 heavy (non-hydrogen) atoms. The molecule has 106 valence electrons. The van der Waals surface area contributed by atoms with Gasteiger partial charge in [0.1, 0.15) is 5.75 Å². The van der Waals surface area contributed by atoms with E-state index in [0.717, 1.165) is 5.56 Å². The molecule has 0 aliphatic carbocycles. The van der Waals surface area contributed by atoms with Crippen LogP contribution >= 0.6 is 11.6 Å². The highest BCUT2D eigenvalue weighted by Gasteiger charge is 2.16. The molecule has 1 unspecified atom stereocenters. The first-order valence-corrected chi connectivity index (χ1v) is 6.30. The van der Waals surface area contributed by atoms with E-state index < -0.39 is 12.1 Å². The van der Waals surface area contributed by atoms with Crippen molar-refractivity contribution in [2.24, 2.45) is 0 Å². The summed E-state index contributed by atoms with van der Waals surface area (Å²) in [6, 6.07) is 5.18. The molecule has 0 spiro atoms. The molecule has 0 aliphatic rings. The Balaban J connectivity index is 2.74. The van der Waals surface area contributed by atoms with E-state index >= 15 is 0 Å². The number of carboxylic acid groups (broad SMARTS) is 1. The summed E-state index contributed by atoms with van der Waals surface area (Å²) in [6.07, 6.45) is -0.920. The molecule has 2 N–H and O–H groups in total. The van der Waals surface area contributed by atoms with Crippen LogP contribution in [0.15, 0.2) is 18.2 Å². The summed E-state index contributed by atoms with van der Waals surface area (Å²) in [5.41, 5.74) is 0.744. The Labute approximate surface area is 117 Å². The second-order valence-electron chi connectivity index (χ2n) is 3.98. The van der Waals surface area contributed by atoms with E-state index in [1.807, 2.05) is 0 Å². The van der Waals surface area contributed by atoms with Gasteiger partial charge in [0.2, 0.25) is 0 Å². The van der Waals surface area contributed by atoms with Crippen molar-refractivity contribution >= 4 is 17.6 Å². The number of halogens is 1. The molecule has 0 heterocycles. The molecule has 0 saturated heterocycles. The number of hydrogen-bond donors (Lipinski definition) is 2. The molecule has 1 aromatic rings. The van der Waals surface area contributed by atoms with E-state index in [9.17, 15) is 4.79 Å². The van der Waals surface area contributed by atoms with Gasteiger partial charge in [0.15, 0.2) is 6.10 Å². The largest absolute Gasteiger partial charge is 0.479 e. The third kappa shape index (κ3) is 5.06. The quantitative estimate of drug-likeness (QED) is 0.715. The third-order valence-electron chi connectivity index (χ3n) is 2.51. The number of benzene rings is 1. The number of aliphatic carboxylic acids is 1. The average Bonchev–Trinajstić information content (AvgIpc) is 2.37. The second kappa shape index (κ2) is 7.99. The van der Waals surface area contributed by atoms with Crippen LogP contribution in [0.25, 0.3) is 0 Å². The topological polar surface area (TPSA) is 67.8 Å². The Bertz CT molecular complexity index is 425. The first-order chi connectivity index (χ1) is 9.06. The standard InChI is InChI=1S/C13H18ClNO4/c1-9(13(16)17)19-12-5-3-4-11(14)10(12)8-15-6-7-18-2/h3-5,9,15H,6-8H2,1-2H3,(H,16,17). The van der Waals surface area contributed by atoms with E-state index in [4.69, 9.17) is 26.2 Å². The normalized spacial score (nSPS) is 12.2. The highest BCUT2D eigenvalue weighted by Crippen LogP contribution is 2.27. The molecule has 1 aromatic carbocycles. The second-order valence-corrected chi connectivity index (χ2v) is 4.39. The van der Waals surface area contributed by atoms with Crippen molar-refractivity contribution in [3.05, 3.63) is 28.8 Å². The molecule has 5 nitrogen and oxygen atoms in total. The SMILES string of the molecule is COCCNCc1c(Cl)cccc1OC(C)C(=O)O. The average molecular weight is 288 g/mol. The van der Waals surface area contributed by atoms with Crippen molar-refractivity contribution in [2.45, 2.75) is 19.6 Å². The van der Waals surface area contributed by atoms with Crippen LogP contribution in [0.1, 0.15) is 12.5 Å². The van der Waals surface area contributed by atoms with E-state index in [1.54, 1.807) is 25.3 Å². The van der Waals surface area contributed by atoms with Crippen LogP contribution in [-0.4, -0.2) is 37.4 Å². The summed E-state index contributed by atoms with van der Waals surface area (Å²) in [5.74, 6) is -0.536. The van der Waals surface area contributed by atoms with Crippen LogP contribution in [0.5, 0.6) is 5.75 Å². The number of ether oxygens (including phenoxy) is 2. The number of carbonyl (C=O) groups is 1. The molecule has 1 atom stereocenters. The summed E-state index contributed by atoms with van der Waals surface area (Å²) in [5, 5.41) is 12.6. The lowest BCUT2D eigenvalue weighted by Crippen LogP contribution is -2.24. The Morgan fingerprint density at radius 2 is 2.26 bits per heavy atom. The molecule has 0 fully saturated rings. The van der Waals surface area contributed by atoms with Crippen molar-refractivity contribution in [1.82, 2.24) is 5.32 Å². The summed E-state index contributed by atoms with van der Waals surface area (Å²) in [6.45, 7) is 3.23. The molecule has 0 aromatic heterocycles. The minimum absolute atomic E-state index is 0.479. The van der Waals surface area contributed by atoms with Gasteiger partial charge in [-0.2, -0.15) is 0 Å². The van der Waals surface area contributed by atoms with Gasteiger partial charge < -0.3 is 19.9 Å². The van der Waals surface area contributed by atoms with Gasteiger partial charge in [-0.1, -0.05) is 17.7 Å². The van der Waals surface area contributed by atoms with Gasteiger partial charge in [-0.05, 0) is 19.1 Å². The van der Waals surface area contributed by atoms with E-state index in [1.165, 1.54) is 6.92 Å². The molecule has 0 amide bonds. The lowest BCUT2D eigenvalue weighted by atomic mass is 10.2. The fourth-order valence-electron chi connectivity index (χ4n) is 1.45. The Kier molecular flexibility index (Phi) is 6.62. The zero-order valence-corrected chi connectivity index (χ0v) is 11.7. The molecule has 6 heteroatoms. The summed E-state index contributed by atoms with van der Waals surface area (Å²) >= 11 is 6.11. The van der Waals surface area contributed by atoms with Crippen LogP contribution in [0.3, 0.4) is 0 Å². The smallest absolute Gasteiger partial charge is 0.344 e. The number of nitrogens with one attached hydrogen (secondary N) is 1. The van der Waals surface area contributed by atoms with Crippen molar-refractivity contribution < 1.29 is 19.4 Å². The van der Waals surface area contributed by atoms with Crippen molar-refractivity contribution in [3.8, 4) is 5.75 Å². The van der Waals surface area contributed by atoms with Crippen LogP contribution in [0, 0.1) is 0 Å². The maximum Gasteiger partial charge on any atom is 0.344 e. The molecule has 0 saturated carbocycles. The minimum atomic E-state index is -1.02. The van der Waals surface area contributed by atoms with Crippen LogP contribution in [0.2, 0.25) is 5.02 Å². The number of rotatable bonds is 8. The number of hydrogen-bond acceptors (Lipinski definition) is 4. The van der Waals surface area contributed by atoms with E-state index in [-0.39, 0.29) is 0 Å². The highest BCUT2D eigenvalue weighted by molar-refractivity contribution is 6.31. The van der Waals surface area contributed by atoms with Crippen LogP contribution < -0.4 is 10.1 Å². The first-order valence-electron chi connectivity index (χ1n) is 5.92. The predicted octanol–water partition coefficient (Wildman–Crippen LogP) is 1.93. The van der Waals surface area contributed by atoms with Gasteiger partial charge in [0.25, 0.3) is 0 Å². The van der Waals surface area contributed by atoms with Gasteiger partial charge in [0.05, 0.1) is 6.61 Å². The molecule has 0 radical (unpaired) electrons. The first kappa shape index (κ1) is 15.8. The Morgan fingerprint density at radius 3 is 2.89 bits per heavy atom. The van der Waals surface area contributed by atoms with Gasteiger partial charge in [-0.25, -0.2) is 4.79 Å². The fraction of sp³-hybridized carbons (Fsp3) is 0.462. The molecule has 0 bridgehead atoms. The Hall–Kier alpha value is -1.30. The van der Waals surface area contributed by atoms with E-state index in [2.05, 4.69) is 5.32 Å². The van der Waals surface area contributed by atoms with E-state index in [0.29, 0.717) is 30.5 Å². The number of carboxylic acids is 1. The zero-order chi connectivity index (χ0) is 14.3. The summed E-state index contributed by atoms with van der Waals surface area (Å²) in [7, 11) is 1.63. The van der Waals surface area contributed by atoms with Gasteiger partial charge in [-0.15, -0.1) is 0 Å². The lowest BCUT2D eigenvalue weighted by molar-refractivity contribution is -0.144. The minimum Gasteiger partial charge on any atom is -0.479 e. The predicted molar refractivity (Wildman–Crippen MR) is 72.8 cm³/mol. The lowest BCUT2D eigenvalue weighted by Gasteiger charge is -2.16. The van der Waals surface area contributed by atoms with Gasteiger partial charge in [-0.3, -0.25) is 0 Å². The summed E-state index contributed by atoms with van der Waals surface area (Å²) in [4.78, 5) is 10.8. The van der Waals surface area contributed by atoms with Crippen LogP contribution in [-0.2, 0) is 16.1 Å². The molecule has 0 aliphatic heterocycles. The van der Waals surface area contributed by atoms with Crippen LogP contribution in [0.4, 0.5) is 0 Å². The van der Waals surface area contributed by atoms with Gasteiger partial charge >= 0.3 is 5.97 Å². The molecule has 1 rings (SSSR count). The highest BCUT2D eigenvalue weighted by atomic mass is 35.5. The Morgan fingerprint density at radius 1 is 1.53 bits per heavy atom. The number of methoxy groups -OCH3 is 1. The van der Waals surface area contributed by atoms with Crippen molar-refractivity contribution in [1.29, 1.82) is 0 Å². The van der Waals surface area contributed by atoms with Crippen molar-refractivity contribution in [3.63, 3.8) is 0 Å². The third-order valence-corrected chi connectivity index (χ3v) is 2.87. The molecular weight excluding hydrogens is 270 g/mol. The summed E-state index contributed by atoms with van der Waals surface area (Å²) < 4.78 is 10.3. The zero-order valence-electron chi connectivity index (χ0n) is 11.0. The van der Waals surface area contributed by atoms with Gasteiger partial charge in [0, 0.05) is 30.8 Å². The molecular formula is C13H18ClNO4. The maximum atomic E-state index is 10.8. The maximum absolute atomic E-state index is 10.8.